The third kappa shape index (κ3) is 7.02. The van der Waals surface area contributed by atoms with E-state index in [0.29, 0.717) is 5.76 Å². The molecule has 0 aliphatic heterocycles. The first-order chi connectivity index (χ1) is 18.4. The molecule has 2 heterocycles. The van der Waals surface area contributed by atoms with Crippen LogP contribution in [0.25, 0.3) is 0 Å². The molecule has 0 saturated carbocycles. The van der Waals surface area contributed by atoms with Crippen molar-refractivity contribution in [3.8, 4) is 0 Å². The predicted molar refractivity (Wildman–Crippen MR) is 139 cm³/mol. The highest BCUT2D eigenvalue weighted by Gasteiger charge is 2.31. The minimum atomic E-state index is -4.61. The van der Waals surface area contributed by atoms with E-state index in [1.165, 1.54) is 18.5 Å². The van der Waals surface area contributed by atoms with Gasteiger partial charge in [-0.15, -0.1) is 0 Å². The van der Waals surface area contributed by atoms with E-state index >= 15 is 0 Å². The van der Waals surface area contributed by atoms with Gasteiger partial charge >= 0.3 is 6.18 Å². The van der Waals surface area contributed by atoms with Crippen LogP contribution >= 0.6 is 0 Å². The summed E-state index contributed by atoms with van der Waals surface area (Å²) in [6, 6.07) is 15.4. The Hall–Kier alpha value is -4.19. The lowest BCUT2D eigenvalue weighted by atomic mass is 10.1. The molecule has 0 aliphatic rings. The average Bonchev–Trinajstić information content (AvgIpc) is 3.41. The molecule has 0 atom stereocenters. The van der Waals surface area contributed by atoms with Gasteiger partial charge in [-0.3, -0.25) is 4.79 Å². The molecule has 39 heavy (non-hydrogen) atoms. The molecule has 1 N–H and O–H groups in total. The maximum Gasteiger partial charge on any atom is 0.416 e. The molecule has 0 fully saturated rings. The van der Waals surface area contributed by atoms with Gasteiger partial charge in [0.15, 0.2) is 5.69 Å². The van der Waals surface area contributed by atoms with Gasteiger partial charge in [0.1, 0.15) is 5.76 Å². The lowest BCUT2D eigenvalue weighted by Crippen LogP contribution is -2.27. The molecular weight excluding hydrogens is 533 g/mol. The van der Waals surface area contributed by atoms with Gasteiger partial charge in [-0.05, 0) is 47.9 Å². The number of aromatic nitrogens is 2. The highest BCUT2D eigenvalue weighted by Crippen LogP contribution is 2.31. The molecule has 204 valence electrons. The van der Waals surface area contributed by atoms with Crippen LogP contribution in [-0.2, 0) is 35.5 Å². The van der Waals surface area contributed by atoms with Gasteiger partial charge in [0, 0.05) is 18.5 Å². The van der Waals surface area contributed by atoms with Crippen molar-refractivity contribution < 1.29 is 30.8 Å². The molecule has 0 aliphatic carbocycles. The molecule has 4 rings (SSSR count). The van der Waals surface area contributed by atoms with Crippen molar-refractivity contribution in [2.24, 2.45) is 0 Å². The van der Waals surface area contributed by atoms with Crippen LogP contribution in [0.2, 0.25) is 0 Å². The molecule has 0 saturated heterocycles. The first kappa shape index (κ1) is 27.8. The van der Waals surface area contributed by atoms with Gasteiger partial charge in [0.2, 0.25) is 15.0 Å². The third-order valence-electron chi connectivity index (χ3n) is 5.81. The van der Waals surface area contributed by atoms with Crippen LogP contribution in [0.5, 0.6) is 0 Å². The number of rotatable bonds is 9. The number of nitrogens with one attached hydrogen (secondary N) is 1. The highest BCUT2D eigenvalue weighted by atomic mass is 32.2. The number of furan rings is 1. The normalized spacial score (nSPS) is 11.8. The third-order valence-corrected chi connectivity index (χ3v) is 6.67. The van der Waals surface area contributed by atoms with Crippen molar-refractivity contribution in [2.75, 3.05) is 16.5 Å². The number of hydrogen-bond donors (Lipinski definition) is 1. The number of aryl methyl sites for hydroxylation is 1. The Morgan fingerprint density at radius 3 is 2.36 bits per heavy atom. The minimum Gasteiger partial charge on any atom is -0.467 e. The number of alkyl halides is 3. The predicted octanol–water partition coefficient (Wildman–Crippen LogP) is 5.51. The molecule has 0 bridgehead atoms. The summed E-state index contributed by atoms with van der Waals surface area (Å²) in [5.74, 6) is -0.348. The van der Waals surface area contributed by atoms with E-state index in [0.717, 1.165) is 42.0 Å². The number of carbonyl (C=O) groups excluding carboxylic acids is 1. The molecule has 2 aromatic carbocycles. The first-order valence-electron chi connectivity index (χ1n) is 11.8. The molecule has 8 nitrogen and oxygen atoms in total. The van der Waals surface area contributed by atoms with Gasteiger partial charge in [-0.25, -0.2) is 18.4 Å². The van der Waals surface area contributed by atoms with Crippen LogP contribution in [0.4, 0.5) is 24.5 Å². The monoisotopic (exact) mass is 558 g/mol. The van der Waals surface area contributed by atoms with Gasteiger partial charge in [0.25, 0.3) is 5.91 Å². The summed E-state index contributed by atoms with van der Waals surface area (Å²) in [7, 11) is -3.90. The molecule has 12 heteroatoms. The van der Waals surface area contributed by atoms with Crippen LogP contribution in [0.1, 0.15) is 39.9 Å². The van der Waals surface area contributed by atoms with Crippen LogP contribution in [0.3, 0.4) is 0 Å². The molecule has 1 amide bonds. The first-order valence-corrected chi connectivity index (χ1v) is 13.7. The summed E-state index contributed by atoms with van der Waals surface area (Å²) >= 11 is 0. The summed E-state index contributed by atoms with van der Waals surface area (Å²) in [5, 5.41) is 1.82. The fourth-order valence-electron chi connectivity index (χ4n) is 3.82. The number of amides is 1. The maximum absolute atomic E-state index is 13.4. The molecule has 0 unspecified atom stereocenters. The number of nitrogens with zero attached hydrogens (tertiary/aromatic N) is 3. The SMILES string of the molecule is CCc1ccc(CN(Cc2ccco2)c2cnc(S(C)(=O)=O)nc2C(=O)Nc2cccc(C(F)(F)F)c2)cc1. The molecular formula is C27H25F3N4O4S. The zero-order chi connectivity index (χ0) is 28.2. The number of halogens is 3. The Morgan fingerprint density at radius 2 is 1.74 bits per heavy atom. The summed E-state index contributed by atoms with van der Waals surface area (Å²) in [5.41, 5.74) is 0.791. The number of carbonyl (C=O) groups is 1. The number of hydrogen-bond acceptors (Lipinski definition) is 7. The van der Waals surface area contributed by atoms with Gasteiger partial charge in [-0.1, -0.05) is 37.3 Å². The van der Waals surface area contributed by atoms with E-state index in [9.17, 15) is 26.4 Å². The topological polar surface area (TPSA) is 105 Å². The largest absolute Gasteiger partial charge is 0.467 e. The van der Waals surface area contributed by atoms with E-state index in [4.69, 9.17) is 4.42 Å². The van der Waals surface area contributed by atoms with Crippen molar-refractivity contribution in [1.29, 1.82) is 0 Å². The van der Waals surface area contributed by atoms with E-state index < -0.39 is 32.6 Å². The quantitative estimate of drug-likeness (QED) is 0.270. The van der Waals surface area contributed by atoms with Crippen LogP contribution in [0, 0.1) is 0 Å². The van der Waals surface area contributed by atoms with Gasteiger partial charge in [0.05, 0.1) is 30.3 Å². The molecule has 0 radical (unpaired) electrons. The van der Waals surface area contributed by atoms with Crippen molar-refractivity contribution >= 4 is 27.1 Å². The Bertz CT molecular complexity index is 1550. The lowest BCUT2D eigenvalue weighted by molar-refractivity contribution is -0.137. The zero-order valence-electron chi connectivity index (χ0n) is 21.1. The zero-order valence-corrected chi connectivity index (χ0v) is 21.9. The van der Waals surface area contributed by atoms with Crippen molar-refractivity contribution in [3.05, 3.63) is 101 Å². The van der Waals surface area contributed by atoms with Gasteiger partial charge < -0.3 is 14.6 Å². The van der Waals surface area contributed by atoms with Crippen molar-refractivity contribution in [1.82, 2.24) is 9.97 Å². The van der Waals surface area contributed by atoms with Crippen molar-refractivity contribution in [2.45, 2.75) is 37.8 Å². The van der Waals surface area contributed by atoms with E-state index in [1.54, 1.807) is 17.0 Å². The summed E-state index contributed by atoms with van der Waals surface area (Å²) in [6.07, 6.45) is -0.150. The molecule has 4 aromatic rings. The minimum absolute atomic E-state index is 0.131. The number of anilines is 2. The second kappa shape index (κ2) is 11.3. The van der Waals surface area contributed by atoms with Gasteiger partial charge in [-0.2, -0.15) is 13.2 Å². The Morgan fingerprint density at radius 1 is 1.03 bits per heavy atom. The number of benzene rings is 2. The summed E-state index contributed by atoms with van der Waals surface area (Å²) < 4.78 is 69.5. The highest BCUT2D eigenvalue weighted by molar-refractivity contribution is 7.90. The fraction of sp³-hybridized carbons (Fsp3) is 0.222. The molecule has 0 spiro atoms. The van der Waals surface area contributed by atoms with Crippen LogP contribution in [-0.4, -0.2) is 30.5 Å². The van der Waals surface area contributed by atoms with Crippen LogP contribution in [0.15, 0.2) is 82.7 Å². The second-order valence-electron chi connectivity index (χ2n) is 8.80. The van der Waals surface area contributed by atoms with Crippen molar-refractivity contribution in [3.63, 3.8) is 0 Å². The standard InChI is InChI=1S/C27H25F3N4O4S/c1-3-18-9-11-19(12-10-18)16-34(17-22-8-5-13-38-22)23-15-31-26(39(2,36)37)33-24(23)25(35)32-21-7-4-6-20(14-21)27(28,29)30/h4-15H,3,16-17H2,1-2H3,(H,32,35). The van der Waals surface area contributed by atoms with E-state index in [-0.39, 0.29) is 30.2 Å². The Kier molecular flexibility index (Phi) is 8.05. The Labute approximate surface area is 223 Å². The van der Waals surface area contributed by atoms with E-state index in [1.807, 2.05) is 31.2 Å². The molecule has 2 aromatic heterocycles. The van der Waals surface area contributed by atoms with Crippen LogP contribution < -0.4 is 10.2 Å². The Balaban J connectivity index is 1.76. The smallest absolute Gasteiger partial charge is 0.416 e. The fourth-order valence-corrected chi connectivity index (χ4v) is 4.32. The summed E-state index contributed by atoms with van der Waals surface area (Å²) in [4.78, 5) is 23.1. The summed E-state index contributed by atoms with van der Waals surface area (Å²) in [6.45, 7) is 2.48. The average molecular weight is 559 g/mol. The number of sulfone groups is 1. The van der Waals surface area contributed by atoms with E-state index in [2.05, 4.69) is 15.3 Å². The lowest BCUT2D eigenvalue weighted by Gasteiger charge is -2.25. The maximum atomic E-state index is 13.4. The second-order valence-corrected chi connectivity index (χ2v) is 10.7.